The van der Waals surface area contributed by atoms with Gasteiger partial charge < -0.3 is 19.5 Å². The smallest absolute Gasteiger partial charge is 0.231 e. The lowest BCUT2D eigenvalue weighted by Crippen LogP contribution is -2.17. The Balaban J connectivity index is 1.32. The summed E-state index contributed by atoms with van der Waals surface area (Å²) in [6.07, 6.45) is 0.247. The van der Waals surface area contributed by atoms with Gasteiger partial charge in [-0.15, -0.1) is 11.3 Å². The topological polar surface area (TPSA) is 87.5 Å². The fourth-order valence-corrected chi connectivity index (χ4v) is 4.32. The number of anilines is 1. The van der Waals surface area contributed by atoms with Gasteiger partial charge in [0.25, 0.3) is 0 Å². The fraction of sp³-hybridized carbons (Fsp3) is 0.208. The molecule has 33 heavy (non-hydrogen) atoms. The Morgan fingerprint density at radius 3 is 2.79 bits per heavy atom. The van der Waals surface area contributed by atoms with Gasteiger partial charge in [-0.3, -0.25) is 4.79 Å². The molecule has 0 fully saturated rings. The van der Waals surface area contributed by atoms with Crippen LogP contribution in [-0.2, 0) is 11.2 Å². The van der Waals surface area contributed by atoms with Crippen molar-refractivity contribution in [3.05, 3.63) is 65.2 Å². The monoisotopic (exact) mass is 462 g/mol. The highest BCUT2D eigenvalue weighted by Gasteiger charge is 2.17. The number of carbonyl (C=O) groups is 1. The van der Waals surface area contributed by atoms with Crippen LogP contribution in [0.2, 0.25) is 0 Å². The number of aromatic nitrogens is 3. The Kier molecular flexibility index (Phi) is 5.70. The van der Waals surface area contributed by atoms with Crippen LogP contribution in [0.1, 0.15) is 18.2 Å². The van der Waals surface area contributed by atoms with Crippen molar-refractivity contribution < 1.29 is 19.0 Å². The molecule has 0 bridgehead atoms. The largest absolute Gasteiger partial charge is 0.494 e. The number of hydrogen-bond donors (Lipinski definition) is 1. The molecule has 0 saturated heterocycles. The van der Waals surface area contributed by atoms with Crippen molar-refractivity contribution in [2.45, 2.75) is 20.3 Å². The lowest BCUT2D eigenvalue weighted by atomic mass is 10.1. The third kappa shape index (κ3) is 4.54. The Labute approximate surface area is 194 Å². The van der Waals surface area contributed by atoms with Gasteiger partial charge in [-0.05, 0) is 49.7 Å². The second-order valence-electron chi connectivity index (χ2n) is 7.47. The molecule has 3 heterocycles. The van der Waals surface area contributed by atoms with Crippen molar-refractivity contribution >= 4 is 23.1 Å². The summed E-state index contributed by atoms with van der Waals surface area (Å²) in [7, 11) is 0. The molecule has 5 rings (SSSR count). The molecule has 0 saturated carbocycles. The number of fused-ring (bicyclic) bond motifs is 1. The van der Waals surface area contributed by atoms with Gasteiger partial charge in [0.2, 0.25) is 17.8 Å². The first-order valence-electron chi connectivity index (χ1n) is 10.5. The first-order valence-corrected chi connectivity index (χ1v) is 11.4. The lowest BCUT2D eigenvalue weighted by Gasteiger charge is -2.08. The molecule has 1 amide bonds. The van der Waals surface area contributed by atoms with Gasteiger partial charge in [-0.1, -0.05) is 12.1 Å². The van der Waals surface area contributed by atoms with E-state index in [0.29, 0.717) is 23.3 Å². The quantitative estimate of drug-likeness (QED) is 0.432. The van der Waals surface area contributed by atoms with E-state index in [1.807, 2.05) is 67.8 Å². The summed E-state index contributed by atoms with van der Waals surface area (Å²) in [5.41, 5.74) is 3.41. The predicted molar refractivity (Wildman–Crippen MR) is 125 cm³/mol. The highest BCUT2D eigenvalue weighted by molar-refractivity contribution is 7.12. The van der Waals surface area contributed by atoms with E-state index < -0.39 is 0 Å². The summed E-state index contributed by atoms with van der Waals surface area (Å²) in [5, 5.41) is 10.1. The van der Waals surface area contributed by atoms with Gasteiger partial charge >= 0.3 is 0 Å². The summed E-state index contributed by atoms with van der Waals surface area (Å²) < 4.78 is 18.0. The number of thiazole rings is 1. The normalized spacial score (nSPS) is 12.1. The van der Waals surface area contributed by atoms with E-state index in [9.17, 15) is 4.79 Å². The number of carbonyl (C=O) groups excluding carboxylic acids is 1. The maximum absolute atomic E-state index is 12.7. The van der Waals surface area contributed by atoms with E-state index in [1.54, 1.807) is 4.68 Å². The summed E-state index contributed by atoms with van der Waals surface area (Å²) in [5.74, 6) is 2.67. The maximum Gasteiger partial charge on any atom is 0.231 e. The van der Waals surface area contributed by atoms with Crippen molar-refractivity contribution in [3.63, 3.8) is 0 Å². The summed E-state index contributed by atoms with van der Waals surface area (Å²) in [6, 6.07) is 15.1. The second-order valence-corrected chi connectivity index (χ2v) is 8.30. The number of benzene rings is 2. The zero-order valence-corrected chi connectivity index (χ0v) is 19.0. The van der Waals surface area contributed by atoms with Gasteiger partial charge in [-0.2, -0.15) is 9.78 Å². The lowest BCUT2D eigenvalue weighted by molar-refractivity contribution is -0.115. The number of amides is 1. The number of nitrogens with one attached hydrogen (secondary N) is 1. The zero-order valence-electron chi connectivity index (χ0n) is 18.2. The summed E-state index contributed by atoms with van der Waals surface area (Å²) >= 11 is 1.45. The van der Waals surface area contributed by atoms with Crippen molar-refractivity contribution in [2.24, 2.45) is 0 Å². The van der Waals surface area contributed by atoms with Gasteiger partial charge in [0.05, 0.1) is 24.4 Å². The van der Waals surface area contributed by atoms with E-state index >= 15 is 0 Å². The Bertz CT molecular complexity index is 1300. The van der Waals surface area contributed by atoms with Crippen LogP contribution in [0.15, 0.2) is 53.9 Å². The molecule has 4 aromatic rings. The number of ether oxygens (including phenoxy) is 3. The van der Waals surface area contributed by atoms with Gasteiger partial charge in [0.15, 0.2) is 11.5 Å². The molecular formula is C24H22N4O4S. The van der Waals surface area contributed by atoms with E-state index in [0.717, 1.165) is 34.0 Å². The molecule has 9 heteroatoms. The van der Waals surface area contributed by atoms with Crippen LogP contribution in [-0.4, -0.2) is 34.1 Å². The average Bonchev–Trinajstić information content (AvgIpc) is 3.54. The molecule has 1 aliphatic rings. The Hall–Kier alpha value is -3.85. The minimum absolute atomic E-state index is 0.132. The number of rotatable bonds is 7. The highest BCUT2D eigenvalue weighted by atomic mass is 32.1. The fourth-order valence-electron chi connectivity index (χ4n) is 3.53. The predicted octanol–water partition coefficient (Wildman–Crippen LogP) is 4.61. The van der Waals surface area contributed by atoms with Gasteiger partial charge in [0.1, 0.15) is 11.6 Å². The highest BCUT2D eigenvalue weighted by Crippen LogP contribution is 2.36. The van der Waals surface area contributed by atoms with Gasteiger partial charge in [0, 0.05) is 17.0 Å². The first kappa shape index (κ1) is 21.0. The van der Waals surface area contributed by atoms with Crippen molar-refractivity contribution in [3.8, 4) is 33.6 Å². The molecular weight excluding hydrogens is 440 g/mol. The standard InChI is InChI=1S/C24H22N4O4S/c1-3-30-18-7-4-16(5-8-18)11-23(29)26-22-10-15(2)27-28(22)24-25-19(13-33-24)17-6-9-20-21(12-17)32-14-31-20/h4-10,12-13H,3,11,14H2,1-2H3,(H,26,29). The van der Waals surface area contributed by atoms with Crippen molar-refractivity contribution in [1.29, 1.82) is 0 Å². The number of aryl methyl sites for hydroxylation is 1. The van der Waals surface area contributed by atoms with Crippen LogP contribution in [0, 0.1) is 6.92 Å². The molecule has 2 aromatic heterocycles. The second kappa shape index (κ2) is 8.95. The van der Waals surface area contributed by atoms with Crippen LogP contribution < -0.4 is 19.5 Å². The third-order valence-electron chi connectivity index (χ3n) is 5.04. The average molecular weight is 463 g/mol. The molecule has 0 aliphatic carbocycles. The van der Waals surface area contributed by atoms with E-state index in [-0.39, 0.29) is 19.1 Å². The SMILES string of the molecule is CCOc1ccc(CC(=O)Nc2cc(C)nn2-c2nc(-c3ccc4c(c3)OCO4)cs2)cc1. The molecule has 1 aliphatic heterocycles. The van der Waals surface area contributed by atoms with Crippen LogP contribution in [0.3, 0.4) is 0 Å². The maximum atomic E-state index is 12.7. The van der Waals surface area contributed by atoms with Crippen molar-refractivity contribution in [2.75, 3.05) is 18.7 Å². The molecule has 0 radical (unpaired) electrons. The summed E-state index contributed by atoms with van der Waals surface area (Å²) in [4.78, 5) is 17.4. The minimum Gasteiger partial charge on any atom is -0.494 e. The molecule has 168 valence electrons. The van der Waals surface area contributed by atoms with Gasteiger partial charge in [-0.25, -0.2) is 4.98 Å². The van der Waals surface area contributed by atoms with Crippen LogP contribution in [0.5, 0.6) is 17.2 Å². The van der Waals surface area contributed by atoms with Crippen LogP contribution >= 0.6 is 11.3 Å². The van der Waals surface area contributed by atoms with Crippen molar-refractivity contribution in [1.82, 2.24) is 14.8 Å². The van der Waals surface area contributed by atoms with E-state index in [1.165, 1.54) is 11.3 Å². The van der Waals surface area contributed by atoms with E-state index in [4.69, 9.17) is 19.2 Å². The first-order chi connectivity index (χ1) is 16.1. The number of hydrogen-bond acceptors (Lipinski definition) is 7. The minimum atomic E-state index is -0.132. The Morgan fingerprint density at radius 2 is 1.97 bits per heavy atom. The number of nitrogens with zero attached hydrogens (tertiary/aromatic N) is 3. The molecule has 0 spiro atoms. The van der Waals surface area contributed by atoms with E-state index in [2.05, 4.69) is 10.4 Å². The molecule has 8 nitrogen and oxygen atoms in total. The molecule has 0 atom stereocenters. The van der Waals surface area contributed by atoms with Crippen LogP contribution in [0.25, 0.3) is 16.4 Å². The summed E-state index contributed by atoms with van der Waals surface area (Å²) in [6.45, 7) is 4.65. The van der Waals surface area contributed by atoms with Crippen LogP contribution in [0.4, 0.5) is 5.82 Å². The molecule has 0 unspecified atom stereocenters. The Morgan fingerprint density at radius 1 is 1.15 bits per heavy atom. The third-order valence-corrected chi connectivity index (χ3v) is 5.86. The zero-order chi connectivity index (χ0) is 22.8. The molecule has 1 N–H and O–H groups in total. The molecule has 2 aromatic carbocycles.